The van der Waals surface area contributed by atoms with E-state index in [0.717, 1.165) is 50.0 Å². The van der Waals surface area contributed by atoms with Gasteiger partial charge in [-0.3, -0.25) is 9.59 Å². The molecule has 2 heterocycles. The molecule has 6 rings (SSSR count). The van der Waals surface area contributed by atoms with Gasteiger partial charge in [-0.15, -0.1) is 0 Å². The highest BCUT2D eigenvalue weighted by atomic mass is 16.5. The second-order valence-corrected chi connectivity index (χ2v) is 11.5. The molecule has 38 heavy (non-hydrogen) atoms. The van der Waals surface area contributed by atoms with Crippen molar-refractivity contribution in [3.63, 3.8) is 0 Å². The van der Waals surface area contributed by atoms with E-state index in [9.17, 15) is 9.59 Å². The lowest BCUT2D eigenvalue weighted by Gasteiger charge is -2.33. The maximum Gasteiger partial charge on any atom is 0.228 e. The molecule has 3 N–H and O–H groups in total. The van der Waals surface area contributed by atoms with E-state index < -0.39 is 0 Å². The zero-order valence-corrected chi connectivity index (χ0v) is 22.0. The predicted molar refractivity (Wildman–Crippen MR) is 147 cm³/mol. The van der Waals surface area contributed by atoms with Gasteiger partial charge in [-0.1, -0.05) is 26.0 Å². The van der Waals surface area contributed by atoms with Crippen molar-refractivity contribution in [2.75, 3.05) is 17.2 Å². The van der Waals surface area contributed by atoms with Crippen LogP contribution in [0.25, 0.3) is 0 Å². The summed E-state index contributed by atoms with van der Waals surface area (Å²) in [7, 11) is 0. The number of aryl methyl sites for hydroxylation is 1. The Morgan fingerprint density at radius 2 is 1.68 bits per heavy atom. The molecule has 3 aromatic rings. The third-order valence-electron chi connectivity index (χ3n) is 7.93. The minimum atomic E-state index is -0.0892. The Morgan fingerprint density at radius 3 is 2.53 bits per heavy atom. The summed E-state index contributed by atoms with van der Waals surface area (Å²) in [5.74, 6) is 1.93. The normalized spacial score (nSPS) is 19.6. The fourth-order valence-electron chi connectivity index (χ4n) is 5.56. The van der Waals surface area contributed by atoms with Gasteiger partial charge in [0.25, 0.3) is 0 Å². The number of nitrogens with zero attached hydrogens (tertiary/aromatic N) is 1. The van der Waals surface area contributed by atoms with E-state index in [1.165, 1.54) is 16.7 Å². The molecule has 7 nitrogen and oxygen atoms in total. The van der Waals surface area contributed by atoms with Crippen molar-refractivity contribution in [1.82, 2.24) is 10.3 Å². The van der Waals surface area contributed by atoms with Gasteiger partial charge in [-0.2, -0.15) is 0 Å². The smallest absolute Gasteiger partial charge is 0.228 e. The number of amides is 2. The number of nitrogens with one attached hydrogen (secondary N) is 3. The maximum absolute atomic E-state index is 13.3. The molecule has 1 atom stereocenters. The molecule has 2 aliphatic carbocycles. The van der Waals surface area contributed by atoms with E-state index >= 15 is 0 Å². The van der Waals surface area contributed by atoms with E-state index in [-0.39, 0.29) is 29.1 Å². The number of carbonyl (C=O) groups is 2. The third-order valence-corrected chi connectivity index (χ3v) is 7.93. The number of ether oxygens (including phenoxy) is 1. The SMILES string of the molecule is CC1(C)CNCc2ccc(NC(=O)C3CCc4ccc(Oc5ccnc(NC(=O)C6CC6)c5)cc4C3)cc21. The Balaban J connectivity index is 1.12. The first-order valence-corrected chi connectivity index (χ1v) is 13.6. The number of benzene rings is 2. The third kappa shape index (κ3) is 5.29. The van der Waals surface area contributed by atoms with E-state index in [0.29, 0.717) is 23.7 Å². The van der Waals surface area contributed by atoms with Crippen molar-refractivity contribution in [1.29, 1.82) is 0 Å². The van der Waals surface area contributed by atoms with Crippen LogP contribution in [0.5, 0.6) is 11.5 Å². The largest absolute Gasteiger partial charge is 0.457 e. The number of hydrogen-bond donors (Lipinski definition) is 3. The van der Waals surface area contributed by atoms with Crippen LogP contribution in [0.15, 0.2) is 54.7 Å². The summed E-state index contributed by atoms with van der Waals surface area (Å²) in [5, 5.41) is 9.52. The molecule has 0 bridgehead atoms. The van der Waals surface area contributed by atoms with E-state index in [1.807, 2.05) is 18.2 Å². The van der Waals surface area contributed by atoms with Crippen molar-refractivity contribution in [3.8, 4) is 11.5 Å². The minimum Gasteiger partial charge on any atom is -0.457 e. The fourth-order valence-corrected chi connectivity index (χ4v) is 5.56. The molecule has 1 saturated carbocycles. The highest BCUT2D eigenvalue weighted by Crippen LogP contribution is 2.34. The molecule has 2 amide bonds. The molecule has 1 aromatic heterocycles. The van der Waals surface area contributed by atoms with Crippen LogP contribution < -0.4 is 20.7 Å². The average Bonchev–Trinajstić information content (AvgIpc) is 3.75. The van der Waals surface area contributed by atoms with Crippen molar-refractivity contribution in [2.45, 2.75) is 57.9 Å². The molecular weight excluding hydrogens is 476 g/mol. The van der Waals surface area contributed by atoms with Gasteiger partial charge in [0.05, 0.1) is 0 Å². The lowest BCUT2D eigenvalue weighted by molar-refractivity contribution is -0.120. The van der Waals surface area contributed by atoms with E-state index in [4.69, 9.17) is 4.74 Å². The minimum absolute atomic E-state index is 0.0175. The molecule has 1 fully saturated rings. The Hall–Kier alpha value is -3.71. The van der Waals surface area contributed by atoms with Crippen LogP contribution in [0.4, 0.5) is 11.5 Å². The van der Waals surface area contributed by atoms with Gasteiger partial charge in [-0.25, -0.2) is 4.98 Å². The summed E-state index contributed by atoms with van der Waals surface area (Å²) in [6, 6.07) is 15.9. The van der Waals surface area contributed by atoms with Crippen LogP contribution in [-0.4, -0.2) is 23.3 Å². The zero-order chi connectivity index (χ0) is 26.3. The number of hydrogen-bond acceptors (Lipinski definition) is 5. The lowest BCUT2D eigenvalue weighted by Crippen LogP contribution is -2.38. The Morgan fingerprint density at radius 1 is 0.895 bits per heavy atom. The van der Waals surface area contributed by atoms with Crippen molar-refractivity contribution in [2.24, 2.45) is 11.8 Å². The Bertz CT molecular complexity index is 1400. The predicted octanol–water partition coefficient (Wildman–Crippen LogP) is 5.35. The highest BCUT2D eigenvalue weighted by Gasteiger charge is 2.30. The fraction of sp³-hybridized carbons (Fsp3) is 0.387. The average molecular weight is 511 g/mol. The molecule has 7 heteroatoms. The zero-order valence-electron chi connectivity index (χ0n) is 22.0. The van der Waals surface area contributed by atoms with E-state index in [1.54, 1.807) is 18.3 Å². The van der Waals surface area contributed by atoms with Crippen LogP contribution >= 0.6 is 0 Å². The topological polar surface area (TPSA) is 92.3 Å². The standard InChI is InChI=1S/C31H34N4O3/c1-31(2)18-32-17-22-7-9-24(15-27(22)31)34-30(37)21-6-3-19-8-10-25(14-23(19)13-21)38-26-11-12-33-28(16-26)35-29(36)20-4-5-20/h7-12,14-16,20-21,32H,3-6,13,17-18H2,1-2H3,(H,34,37)(H,33,35,36). The summed E-state index contributed by atoms with van der Waals surface area (Å²) in [4.78, 5) is 29.6. The van der Waals surface area contributed by atoms with Gasteiger partial charge in [0, 0.05) is 48.3 Å². The van der Waals surface area contributed by atoms with Crippen LogP contribution in [0.3, 0.4) is 0 Å². The summed E-state index contributed by atoms with van der Waals surface area (Å²) >= 11 is 0. The summed E-state index contributed by atoms with van der Waals surface area (Å²) in [5.41, 5.74) is 5.90. The van der Waals surface area contributed by atoms with Gasteiger partial charge < -0.3 is 20.7 Å². The molecular formula is C31H34N4O3. The summed E-state index contributed by atoms with van der Waals surface area (Å²) < 4.78 is 6.11. The molecule has 0 saturated heterocycles. The molecule has 0 spiro atoms. The van der Waals surface area contributed by atoms with Crippen molar-refractivity contribution < 1.29 is 14.3 Å². The number of fused-ring (bicyclic) bond motifs is 2. The van der Waals surface area contributed by atoms with Gasteiger partial charge in [0.1, 0.15) is 17.3 Å². The Kier molecular flexibility index (Phi) is 6.40. The number of pyridine rings is 1. The summed E-state index contributed by atoms with van der Waals surface area (Å²) in [6.45, 7) is 6.26. The second kappa shape index (κ2) is 9.87. The molecule has 2 aromatic carbocycles. The lowest BCUT2D eigenvalue weighted by atomic mass is 9.79. The van der Waals surface area contributed by atoms with Crippen LogP contribution in [-0.2, 0) is 34.4 Å². The molecule has 196 valence electrons. The Labute approximate surface area is 223 Å². The van der Waals surface area contributed by atoms with Crippen LogP contribution in [0.1, 0.15) is 55.4 Å². The highest BCUT2D eigenvalue weighted by molar-refractivity contribution is 5.93. The first-order chi connectivity index (χ1) is 18.3. The second-order valence-electron chi connectivity index (χ2n) is 11.5. The van der Waals surface area contributed by atoms with E-state index in [2.05, 4.69) is 53.0 Å². The number of anilines is 2. The maximum atomic E-state index is 13.3. The monoisotopic (exact) mass is 510 g/mol. The first-order valence-electron chi connectivity index (χ1n) is 13.6. The number of aromatic nitrogens is 1. The molecule has 1 unspecified atom stereocenters. The number of rotatable bonds is 6. The molecule has 1 aliphatic heterocycles. The van der Waals surface area contributed by atoms with Gasteiger partial charge in [0.15, 0.2) is 0 Å². The van der Waals surface area contributed by atoms with Crippen molar-refractivity contribution >= 4 is 23.3 Å². The van der Waals surface area contributed by atoms with Crippen LogP contribution in [0.2, 0.25) is 0 Å². The van der Waals surface area contributed by atoms with Gasteiger partial charge in [0.2, 0.25) is 11.8 Å². The quantitative estimate of drug-likeness (QED) is 0.416. The number of carbonyl (C=O) groups excluding carboxylic acids is 2. The van der Waals surface area contributed by atoms with Gasteiger partial charge in [-0.05, 0) is 84.7 Å². The van der Waals surface area contributed by atoms with Crippen LogP contribution in [0, 0.1) is 11.8 Å². The molecule has 0 radical (unpaired) electrons. The summed E-state index contributed by atoms with van der Waals surface area (Å²) in [6.07, 6.45) is 5.89. The first kappa shape index (κ1) is 24.6. The van der Waals surface area contributed by atoms with Crippen molar-refractivity contribution in [3.05, 3.63) is 77.0 Å². The van der Waals surface area contributed by atoms with Gasteiger partial charge >= 0.3 is 0 Å². The molecule has 3 aliphatic rings.